The Morgan fingerprint density at radius 1 is 0.559 bits per heavy atom. The quantitative estimate of drug-likeness (QED) is 0.160. The van der Waals surface area contributed by atoms with E-state index in [1.165, 1.54) is 23.5 Å². The van der Waals surface area contributed by atoms with Crippen LogP contribution < -0.4 is 0 Å². The zero-order valence-corrected chi connectivity index (χ0v) is 37.6. The molecular weight excluding hydrogens is 782 g/mol. The second-order valence-electron chi connectivity index (χ2n) is 19.0. The molecule has 2 unspecified atom stereocenters. The summed E-state index contributed by atoms with van der Waals surface area (Å²) in [5.74, 6) is 0.684. The van der Waals surface area contributed by atoms with Crippen LogP contribution in [0.3, 0.4) is 0 Å². The van der Waals surface area contributed by atoms with Gasteiger partial charge in [0.25, 0.3) is 0 Å². The van der Waals surface area contributed by atoms with E-state index in [1.807, 2.05) is 85.7 Å². The van der Waals surface area contributed by atoms with Crippen LogP contribution in [0.25, 0.3) is 0 Å². The van der Waals surface area contributed by atoms with Gasteiger partial charge in [0.15, 0.2) is 0 Å². The van der Waals surface area contributed by atoms with Gasteiger partial charge < -0.3 is 32.1 Å². The second-order valence-corrected chi connectivity index (χ2v) is 20.6. The molecule has 2 aromatic rings. The summed E-state index contributed by atoms with van der Waals surface area (Å²) in [6.45, 7) is 24.7. The highest BCUT2D eigenvalue weighted by molar-refractivity contribution is 7.87. The topological polar surface area (TPSA) is 98.8 Å². The van der Waals surface area contributed by atoms with Gasteiger partial charge in [-0.05, 0) is 150 Å². The molecule has 3 heterocycles. The van der Waals surface area contributed by atoms with Crippen molar-refractivity contribution in [3.8, 4) is 0 Å². The van der Waals surface area contributed by atoms with Crippen molar-refractivity contribution in [2.75, 3.05) is 0 Å². The predicted octanol–water partition coefficient (Wildman–Crippen LogP) is 10.5. The average molecular weight is 844 g/mol. The summed E-state index contributed by atoms with van der Waals surface area (Å²) in [7, 11) is -6.66. The highest BCUT2D eigenvalue weighted by Crippen LogP contribution is 2.44. The smallest absolute Gasteiger partial charge is 0.405 e. The molecule has 0 bridgehead atoms. The van der Waals surface area contributed by atoms with Crippen LogP contribution in [0.5, 0.6) is 0 Å². The van der Waals surface area contributed by atoms with Crippen LogP contribution in [0.4, 0.5) is 13.2 Å². The third-order valence-electron chi connectivity index (χ3n) is 13.2. The number of benzene rings is 2. The minimum Gasteiger partial charge on any atom is -0.405 e. The van der Waals surface area contributed by atoms with Crippen molar-refractivity contribution >= 4 is 31.3 Å². The Balaban J connectivity index is 0.000000169. The van der Waals surface area contributed by atoms with E-state index in [4.69, 9.17) is 27.9 Å². The monoisotopic (exact) mass is 844 g/mol. The van der Waals surface area contributed by atoms with Crippen LogP contribution in [0.2, 0.25) is 0 Å². The van der Waals surface area contributed by atoms with Crippen molar-refractivity contribution in [1.82, 2.24) is 0 Å². The Bertz CT molecular complexity index is 1840. The van der Waals surface area contributed by atoms with E-state index in [2.05, 4.69) is 68.3 Å². The van der Waals surface area contributed by atoms with Gasteiger partial charge in [-0.25, -0.2) is 0 Å². The van der Waals surface area contributed by atoms with Gasteiger partial charge in [-0.3, -0.25) is 0 Å². The first kappa shape index (κ1) is 47.5. The molecule has 0 radical (unpaired) electrons. The van der Waals surface area contributed by atoms with E-state index >= 15 is 0 Å². The van der Waals surface area contributed by atoms with Crippen molar-refractivity contribution in [2.45, 2.75) is 173 Å². The van der Waals surface area contributed by atoms with Crippen LogP contribution in [-0.4, -0.2) is 68.7 Å². The summed E-state index contributed by atoms with van der Waals surface area (Å²) < 4.78 is 98.6. The van der Waals surface area contributed by atoms with E-state index in [9.17, 15) is 21.6 Å². The van der Waals surface area contributed by atoms with E-state index < -0.39 is 29.6 Å². The van der Waals surface area contributed by atoms with Crippen molar-refractivity contribution in [3.63, 3.8) is 0 Å². The lowest BCUT2D eigenvalue weighted by atomic mass is 9.49. The first-order valence-electron chi connectivity index (χ1n) is 20.6. The Morgan fingerprint density at radius 2 is 0.915 bits per heavy atom. The Labute approximate surface area is 351 Å². The SMILES string of the molecule is CC1(C)OB(B2OC(C)(C)C(C)(C)O2)OC1(C)C.CC1(C)OB(C2=CCC(c3ccccc3)CC2)OC1(C)C.O=S(=O)(OC1=CCC(c2ccccc2)CC1)C(F)(F)F. The summed E-state index contributed by atoms with van der Waals surface area (Å²) in [5.41, 5.74) is -3.46. The number of alkyl halides is 3. The lowest BCUT2D eigenvalue weighted by Crippen LogP contribution is -2.41. The third kappa shape index (κ3) is 10.9. The Hall–Kier alpha value is -2.59. The summed E-state index contributed by atoms with van der Waals surface area (Å²) in [4.78, 5) is 0. The zero-order chi connectivity index (χ0) is 43.9. The van der Waals surface area contributed by atoms with Gasteiger partial charge in [-0.15, -0.1) is 0 Å². The molecule has 59 heavy (non-hydrogen) atoms. The molecule has 0 saturated carbocycles. The average Bonchev–Trinajstić information content (AvgIpc) is 3.62. The molecule has 3 saturated heterocycles. The van der Waals surface area contributed by atoms with E-state index in [-0.39, 0.29) is 58.8 Å². The van der Waals surface area contributed by atoms with Gasteiger partial charge in [0.2, 0.25) is 0 Å². The highest BCUT2D eigenvalue weighted by atomic mass is 32.2. The molecule has 324 valence electrons. The fourth-order valence-corrected chi connectivity index (χ4v) is 7.72. The summed E-state index contributed by atoms with van der Waals surface area (Å²) in [6, 6.07) is 20.3. The Morgan fingerprint density at radius 3 is 1.24 bits per heavy atom. The number of hydrogen-bond acceptors (Lipinski definition) is 9. The molecule has 2 aromatic carbocycles. The molecular formula is C43H62B3F3O9S. The highest BCUT2D eigenvalue weighted by Gasteiger charge is 2.64. The van der Waals surface area contributed by atoms with Gasteiger partial charge in [-0.2, -0.15) is 21.6 Å². The predicted molar refractivity (Wildman–Crippen MR) is 227 cm³/mol. The molecule has 0 spiro atoms. The summed E-state index contributed by atoms with van der Waals surface area (Å²) >= 11 is 0. The van der Waals surface area contributed by atoms with Crippen LogP contribution in [-0.2, 0) is 42.2 Å². The molecule has 2 atom stereocenters. The summed E-state index contributed by atoms with van der Waals surface area (Å²) in [6.07, 6.45) is 8.29. The minimum absolute atomic E-state index is 0.130. The van der Waals surface area contributed by atoms with Crippen LogP contribution in [0, 0.1) is 0 Å². The van der Waals surface area contributed by atoms with Crippen LogP contribution in [0.15, 0.2) is 84.0 Å². The maximum Gasteiger partial charge on any atom is 0.534 e. The molecule has 16 heteroatoms. The molecule has 0 N–H and O–H groups in total. The van der Waals surface area contributed by atoms with Crippen molar-refractivity contribution in [1.29, 1.82) is 0 Å². The van der Waals surface area contributed by atoms with Crippen molar-refractivity contribution < 1.29 is 53.7 Å². The van der Waals surface area contributed by atoms with Crippen molar-refractivity contribution in [3.05, 3.63) is 95.2 Å². The van der Waals surface area contributed by atoms with Crippen LogP contribution >= 0.6 is 0 Å². The second kappa shape index (κ2) is 17.3. The number of halogens is 3. The summed E-state index contributed by atoms with van der Waals surface area (Å²) in [5, 5.41) is 0. The molecule has 9 nitrogen and oxygen atoms in total. The van der Waals surface area contributed by atoms with Gasteiger partial charge in [0.1, 0.15) is 5.76 Å². The van der Waals surface area contributed by atoms with Gasteiger partial charge >= 0.3 is 36.8 Å². The molecule has 2 aliphatic carbocycles. The van der Waals surface area contributed by atoms with Crippen LogP contribution in [0.1, 0.15) is 145 Å². The van der Waals surface area contributed by atoms with E-state index in [0.717, 1.165) is 18.4 Å². The fraction of sp³-hybridized carbons (Fsp3) is 0.628. The number of allylic oxidation sites excluding steroid dienone is 4. The standard InChI is InChI=1S/C18H25BO2.C13H13F3O3S.C12H24B2O4/c1-17(2)18(3,4)21-19(20-17)16-12-10-15(11-13-16)14-8-6-5-7-9-14;14-13(15,16)20(17,18)19-12-8-6-11(7-9-12)10-4-2-1-3-5-10;1-9(2)10(3,4)16-13(15-9)14-17-11(5,6)12(7,8)18-14/h5-9,12,15H,10-11,13H2,1-4H3;1-5,8,11H,6-7,9H2;1-8H3. The molecule has 3 fully saturated rings. The largest absolute Gasteiger partial charge is 0.534 e. The van der Waals surface area contributed by atoms with Crippen molar-refractivity contribution in [2.24, 2.45) is 0 Å². The van der Waals surface area contributed by atoms with Gasteiger partial charge in [0.05, 0.1) is 33.6 Å². The lowest BCUT2D eigenvalue weighted by molar-refractivity contribution is -0.0524. The number of hydrogen-bond donors (Lipinski definition) is 0. The first-order valence-corrected chi connectivity index (χ1v) is 22.0. The first-order chi connectivity index (χ1) is 27.1. The molecule has 0 amide bonds. The normalized spacial score (nSPS) is 26.5. The van der Waals surface area contributed by atoms with Gasteiger partial charge in [0, 0.05) is 6.42 Å². The zero-order valence-electron chi connectivity index (χ0n) is 36.8. The molecule has 0 aromatic heterocycles. The maximum absolute atomic E-state index is 12.2. The lowest BCUT2D eigenvalue weighted by Gasteiger charge is -2.32. The maximum atomic E-state index is 12.2. The van der Waals surface area contributed by atoms with E-state index in [1.54, 1.807) is 0 Å². The Kier molecular flexibility index (Phi) is 13.9. The van der Waals surface area contributed by atoms with Gasteiger partial charge in [-0.1, -0.05) is 66.7 Å². The molecule has 7 rings (SSSR count). The van der Waals surface area contributed by atoms with E-state index in [0.29, 0.717) is 18.8 Å². The minimum atomic E-state index is -5.55. The fourth-order valence-electron chi connectivity index (χ4n) is 7.19. The number of rotatable bonds is 6. The molecule has 3 aliphatic heterocycles. The third-order valence-corrected chi connectivity index (χ3v) is 14.2. The molecule has 5 aliphatic rings.